The highest BCUT2D eigenvalue weighted by Crippen LogP contribution is 2.10. The SMILES string of the molecule is S=c1[nH]nc(NCCCCn2ccnc2)s1. The molecule has 2 rings (SSSR count). The lowest BCUT2D eigenvalue weighted by atomic mass is 10.3. The van der Waals surface area contributed by atoms with Crippen molar-refractivity contribution in [3.63, 3.8) is 0 Å². The molecule has 7 heteroatoms. The molecule has 2 N–H and O–H groups in total. The Morgan fingerprint density at radius 1 is 1.50 bits per heavy atom. The van der Waals surface area contributed by atoms with Crippen LogP contribution in [0.15, 0.2) is 18.7 Å². The van der Waals surface area contributed by atoms with Crippen LogP contribution in [0.2, 0.25) is 0 Å². The van der Waals surface area contributed by atoms with Gasteiger partial charge in [0.2, 0.25) is 5.13 Å². The van der Waals surface area contributed by atoms with Crippen molar-refractivity contribution >= 4 is 28.7 Å². The Kier molecular flexibility index (Phi) is 4.06. The van der Waals surface area contributed by atoms with Crippen molar-refractivity contribution in [2.75, 3.05) is 11.9 Å². The number of nitrogens with one attached hydrogen (secondary N) is 2. The molecule has 5 nitrogen and oxygen atoms in total. The van der Waals surface area contributed by atoms with Crippen LogP contribution in [0.5, 0.6) is 0 Å². The van der Waals surface area contributed by atoms with Crippen LogP contribution in [-0.4, -0.2) is 26.3 Å². The third-order valence-corrected chi connectivity index (χ3v) is 3.16. The van der Waals surface area contributed by atoms with Gasteiger partial charge < -0.3 is 9.88 Å². The summed E-state index contributed by atoms with van der Waals surface area (Å²) in [6, 6.07) is 0. The molecule has 2 aromatic heterocycles. The zero-order valence-corrected chi connectivity index (χ0v) is 10.4. The summed E-state index contributed by atoms with van der Waals surface area (Å²) in [5.41, 5.74) is 0. The summed E-state index contributed by atoms with van der Waals surface area (Å²) >= 11 is 6.40. The maximum atomic E-state index is 4.94. The molecule has 0 spiro atoms. The van der Waals surface area contributed by atoms with Gasteiger partial charge in [-0.3, -0.25) is 5.10 Å². The summed E-state index contributed by atoms with van der Waals surface area (Å²) < 4.78 is 2.79. The van der Waals surface area contributed by atoms with E-state index in [9.17, 15) is 0 Å². The first-order valence-electron chi connectivity index (χ1n) is 5.10. The van der Waals surface area contributed by atoms with E-state index in [1.54, 1.807) is 6.20 Å². The van der Waals surface area contributed by atoms with E-state index >= 15 is 0 Å². The highest BCUT2D eigenvalue weighted by atomic mass is 32.1. The Hall–Kier alpha value is -1.21. The Morgan fingerprint density at radius 2 is 2.44 bits per heavy atom. The first kappa shape index (κ1) is 11.3. The molecule has 0 radical (unpaired) electrons. The van der Waals surface area contributed by atoms with Crippen LogP contribution < -0.4 is 5.32 Å². The highest BCUT2D eigenvalue weighted by Gasteiger charge is 1.95. The number of H-pyrrole nitrogens is 1. The molecule has 0 aromatic carbocycles. The zero-order valence-electron chi connectivity index (χ0n) is 8.72. The maximum absolute atomic E-state index is 4.94. The van der Waals surface area contributed by atoms with E-state index < -0.39 is 0 Å². The van der Waals surface area contributed by atoms with Crippen LogP contribution in [0.1, 0.15) is 12.8 Å². The molecule has 0 aliphatic carbocycles. The van der Waals surface area contributed by atoms with Crippen LogP contribution in [0, 0.1) is 3.95 Å². The van der Waals surface area contributed by atoms with E-state index in [1.807, 2.05) is 12.5 Å². The van der Waals surface area contributed by atoms with Crippen molar-refractivity contribution in [2.45, 2.75) is 19.4 Å². The van der Waals surface area contributed by atoms with Crippen molar-refractivity contribution in [3.05, 3.63) is 22.7 Å². The number of rotatable bonds is 6. The lowest BCUT2D eigenvalue weighted by Gasteiger charge is -2.02. The molecule has 0 fully saturated rings. The number of nitrogens with zero attached hydrogens (tertiary/aromatic N) is 3. The molecular formula is C9H13N5S2. The average molecular weight is 255 g/mol. The van der Waals surface area contributed by atoms with Crippen molar-refractivity contribution in [3.8, 4) is 0 Å². The minimum Gasteiger partial charge on any atom is -0.360 e. The number of anilines is 1. The minimum absolute atomic E-state index is 0.709. The molecule has 0 amide bonds. The van der Waals surface area contributed by atoms with Crippen molar-refractivity contribution < 1.29 is 0 Å². The normalized spacial score (nSPS) is 10.5. The van der Waals surface area contributed by atoms with E-state index in [1.165, 1.54) is 11.3 Å². The molecule has 0 aliphatic rings. The van der Waals surface area contributed by atoms with Gasteiger partial charge in [-0.05, 0) is 25.1 Å². The fourth-order valence-electron chi connectivity index (χ4n) is 1.34. The van der Waals surface area contributed by atoms with Crippen LogP contribution in [0.25, 0.3) is 0 Å². The number of hydrogen-bond donors (Lipinski definition) is 2. The number of imidazole rings is 1. The van der Waals surface area contributed by atoms with Gasteiger partial charge in [-0.25, -0.2) is 4.98 Å². The second kappa shape index (κ2) is 5.76. The summed E-state index contributed by atoms with van der Waals surface area (Å²) in [4.78, 5) is 3.99. The summed E-state index contributed by atoms with van der Waals surface area (Å²) in [7, 11) is 0. The second-order valence-corrected chi connectivity index (χ2v) is 5.02. The minimum atomic E-state index is 0.709. The third-order valence-electron chi connectivity index (χ3n) is 2.12. The summed E-state index contributed by atoms with van der Waals surface area (Å²) in [6.07, 6.45) is 7.85. The standard InChI is InChI=1S/C9H13N5S2/c15-9-13-12-8(16-9)11-3-1-2-5-14-6-4-10-7-14/h4,6-7H,1-3,5H2,(H,11,12)(H,13,15). The number of hydrogen-bond acceptors (Lipinski definition) is 5. The molecule has 0 unspecified atom stereocenters. The smallest absolute Gasteiger partial charge is 0.204 e. The summed E-state index contributed by atoms with van der Waals surface area (Å²) in [5.74, 6) is 0. The molecule has 0 aliphatic heterocycles. The quantitative estimate of drug-likeness (QED) is 0.614. The van der Waals surface area contributed by atoms with Crippen LogP contribution in [0.4, 0.5) is 5.13 Å². The molecular weight excluding hydrogens is 242 g/mol. The first-order valence-corrected chi connectivity index (χ1v) is 6.32. The van der Waals surface area contributed by atoms with E-state index in [0.717, 1.165) is 31.1 Å². The number of aromatic nitrogens is 4. The Balaban J connectivity index is 1.60. The Labute approximate surface area is 103 Å². The maximum Gasteiger partial charge on any atom is 0.204 e. The lowest BCUT2D eigenvalue weighted by molar-refractivity contribution is 0.621. The fraction of sp³-hybridized carbons (Fsp3) is 0.444. The van der Waals surface area contributed by atoms with Gasteiger partial charge in [0.1, 0.15) is 0 Å². The van der Waals surface area contributed by atoms with E-state index in [4.69, 9.17) is 12.2 Å². The van der Waals surface area contributed by atoms with Crippen molar-refractivity contribution in [1.82, 2.24) is 19.7 Å². The predicted octanol–water partition coefficient (Wildman–Crippen LogP) is 2.29. The average Bonchev–Trinajstić information content (AvgIpc) is 2.89. The van der Waals surface area contributed by atoms with E-state index in [2.05, 4.69) is 25.1 Å². The van der Waals surface area contributed by atoms with Gasteiger partial charge >= 0.3 is 0 Å². The van der Waals surface area contributed by atoms with Crippen LogP contribution in [-0.2, 0) is 6.54 Å². The highest BCUT2D eigenvalue weighted by molar-refractivity contribution is 7.73. The van der Waals surface area contributed by atoms with Gasteiger partial charge in [-0.15, -0.1) is 5.10 Å². The largest absolute Gasteiger partial charge is 0.360 e. The zero-order chi connectivity index (χ0) is 11.2. The summed E-state index contributed by atoms with van der Waals surface area (Å²) in [6.45, 7) is 1.93. The van der Waals surface area contributed by atoms with Gasteiger partial charge in [-0.2, -0.15) is 0 Å². The number of aromatic amines is 1. The third kappa shape index (κ3) is 3.42. The van der Waals surface area contributed by atoms with Crippen molar-refractivity contribution in [1.29, 1.82) is 0 Å². The second-order valence-electron chi connectivity index (χ2n) is 3.35. The summed E-state index contributed by atoms with van der Waals surface area (Å²) in [5, 5.41) is 10.9. The molecule has 0 saturated heterocycles. The molecule has 16 heavy (non-hydrogen) atoms. The lowest BCUT2D eigenvalue weighted by Crippen LogP contribution is -2.03. The van der Waals surface area contributed by atoms with Gasteiger partial charge in [0, 0.05) is 25.5 Å². The fourth-order valence-corrected chi connectivity index (χ4v) is 2.15. The first-order chi connectivity index (χ1) is 7.84. The van der Waals surface area contributed by atoms with Crippen LogP contribution in [0.3, 0.4) is 0 Å². The molecule has 0 bridgehead atoms. The molecule has 2 heterocycles. The Morgan fingerprint density at radius 3 is 3.12 bits per heavy atom. The molecule has 2 aromatic rings. The van der Waals surface area contributed by atoms with Gasteiger partial charge in [0.25, 0.3) is 0 Å². The molecule has 0 atom stereocenters. The predicted molar refractivity (Wildman–Crippen MR) is 67.2 cm³/mol. The molecule has 0 saturated carbocycles. The monoisotopic (exact) mass is 255 g/mol. The van der Waals surface area contributed by atoms with E-state index in [-0.39, 0.29) is 0 Å². The molecule has 86 valence electrons. The topological polar surface area (TPSA) is 58.5 Å². The van der Waals surface area contributed by atoms with Gasteiger partial charge in [0.05, 0.1) is 6.33 Å². The Bertz CT molecular complexity index is 458. The van der Waals surface area contributed by atoms with Gasteiger partial charge in [-0.1, -0.05) is 11.3 Å². The number of aryl methyl sites for hydroxylation is 1. The van der Waals surface area contributed by atoms with E-state index in [0.29, 0.717) is 3.95 Å². The van der Waals surface area contributed by atoms with Crippen molar-refractivity contribution in [2.24, 2.45) is 0 Å². The number of unbranched alkanes of at least 4 members (excludes halogenated alkanes) is 1. The van der Waals surface area contributed by atoms with Gasteiger partial charge in [0.15, 0.2) is 3.95 Å². The van der Waals surface area contributed by atoms with Crippen LogP contribution >= 0.6 is 23.6 Å².